The molecule has 2 rings (SSSR count). The molecule has 0 radical (unpaired) electrons. The van der Waals surface area contributed by atoms with Gasteiger partial charge in [0.1, 0.15) is 0 Å². The molecular formula is C15H20N4O. The Morgan fingerprint density at radius 2 is 2.05 bits per heavy atom. The molecule has 0 aliphatic rings. The second kappa shape index (κ2) is 6.34. The van der Waals surface area contributed by atoms with E-state index in [1.807, 2.05) is 50.4 Å². The normalized spacial score (nSPS) is 12.4. The summed E-state index contributed by atoms with van der Waals surface area (Å²) in [5.41, 5.74) is 7.34. The van der Waals surface area contributed by atoms with E-state index in [1.165, 1.54) is 0 Å². The van der Waals surface area contributed by atoms with E-state index in [-0.39, 0.29) is 24.4 Å². The first-order chi connectivity index (χ1) is 9.61. The van der Waals surface area contributed by atoms with Crippen LogP contribution in [0.5, 0.6) is 0 Å². The Morgan fingerprint density at radius 1 is 1.35 bits per heavy atom. The SMILES string of the molecule is CC(C)n1cc(NC(=O)C(CN)c2ccccc2)cn1. The van der Waals surface area contributed by atoms with Crippen molar-refractivity contribution in [2.24, 2.45) is 5.73 Å². The molecule has 0 aliphatic heterocycles. The van der Waals surface area contributed by atoms with Crippen LogP contribution >= 0.6 is 0 Å². The third-order valence-corrected chi connectivity index (χ3v) is 3.15. The molecule has 0 saturated carbocycles. The quantitative estimate of drug-likeness (QED) is 0.876. The molecule has 1 unspecified atom stereocenters. The van der Waals surface area contributed by atoms with Crippen molar-refractivity contribution >= 4 is 11.6 Å². The summed E-state index contributed by atoms with van der Waals surface area (Å²) in [6.07, 6.45) is 3.47. The fourth-order valence-electron chi connectivity index (χ4n) is 1.99. The van der Waals surface area contributed by atoms with E-state index in [4.69, 9.17) is 5.73 Å². The molecule has 5 nitrogen and oxygen atoms in total. The van der Waals surface area contributed by atoms with Crippen molar-refractivity contribution in [1.82, 2.24) is 9.78 Å². The lowest BCUT2D eigenvalue weighted by Gasteiger charge is -2.14. The number of aromatic nitrogens is 2. The maximum absolute atomic E-state index is 12.3. The van der Waals surface area contributed by atoms with Crippen LogP contribution in [0.3, 0.4) is 0 Å². The number of nitrogens with zero attached hydrogens (tertiary/aromatic N) is 2. The van der Waals surface area contributed by atoms with Crippen LogP contribution in [-0.2, 0) is 4.79 Å². The van der Waals surface area contributed by atoms with Crippen molar-refractivity contribution in [1.29, 1.82) is 0 Å². The van der Waals surface area contributed by atoms with E-state index in [0.29, 0.717) is 5.69 Å². The maximum Gasteiger partial charge on any atom is 0.233 e. The number of carbonyl (C=O) groups excluding carboxylic acids is 1. The summed E-state index contributed by atoms with van der Waals surface area (Å²) in [6, 6.07) is 9.81. The summed E-state index contributed by atoms with van der Waals surface area (Å²) < 4.78 is 1.80. The van der Waals surface area contributed by atoms with Gasteiger partial charge in [-0.25, -0.2) is 0 Å². The third kappa shape index (κ3) is 3.24. The average molecular weight is 272 g/mol. The molecule has 5 heteroatoms. The van der Waals surface area contributed by atoms with Crippen molar-refractivity contribution in [3.05, 3.63) is 48.3 Å². The second-order valence-electron chi connectivity index (χ2n) is 4.99. The number of hydrogen-bond acceptors (Lipinski definition) is 3. The van der Waals surface area contributed by atoms with Gasteiger partial charge in [-0.2, -0.15) is 5.10 Å². The topological polar surface area (TPSA) is 72.9 Å². The minimum atomic E-state index is -0.349. The zero-order chi connectivity index (χ0) is 14.5. The zero-order valence-corrected chi connectivity index (χ0v) is 11.8. The van der Waals surface area contributed by atoms with Gasteiger partial charge >= 0.3 is 0 Å². The Hall–Kier alpha value is -2.14. The molecule has 106 valence electrons. The molecule has 1 amide bonds. The standard InChI is InChI=1S/C15H20N4O/c1-11(2)19-10-13(9-17-19)18-15(20)14(8-16)12-6-4-3-5-7-12/h3-7,9-11,14H,8,16H2,1-2H3,(H,18,20). The lowest BCUT2D eigenvalue weighted by Crippen LogP contribution is -2.27. The van der Waals surface area contributed by atoms with Gasteiger partial charge in [0.05, 0.1) is 17.8 Å². The highest BCUT2D eigenvalue weighted by Gasteiger charge is 2.19. The highest BCUT2D eigenvalue weighted by atomic mass is 16.1. The van der Waals surface area contributed by atoms with Crippen molar-refractivity contribution in [3.8, 4) is 0 Å². The lowest BCUT2D eigenvalue weighted by molar-refractivity contribution is -0.117. The van der Waals surface area contributed by atoms with Crippen LogP contribution in [0.1, 0.15) is 31.4 Å². The summed E-state index contributed by atoms with van der Waals surface area (Å²) in [5, 5.41) is 7.06. The molecule has 0 spiro atoms. The molecule has 1 aromatic carbocycles. The van der Waals surface area contributed by atoms with E-state index in [9.17, 15) is 4.79 Å². The number of rotatable bonds is 5. The molecule has 0 saturated heterocycles. The number of hydrogen-bond donors (Lipinski definition) is 2. The molecule has 2 aromatic rings. The molecule has 0 fully saturated rings. The van der Waals surface area contributed by atoms with Gasteiger partial charge in [0, 0.05) is 18.8 Å². The zero-order valence-electron chi connectivity index (χ0n) is 11.8. The number of nitrogens with one attached hydrogen (secondary N) is 1. The number of benzene rings is 1. The highest BCUT2D eigenvalue weighted by molar-refractivity contribution is 5.95. The number of amides is 1. The van der Waals surface area contributed by atoms with E-state index in [0.717, 1.165) is 5.56 Å². The molecule has 1 atom stereocenters. The van der Waals surface area contributed by atoms with E-state index in [1.54, 1.807) is 10.9 Å². The van der Waals surface area contributed by atoms with Crippen LogP contribution in [0.4, 0.5) is 5.69 Å². The smallest absolute Gasteiger partial charge is 0.233 e. The molecule has 1 aromatic heterocycles. The van der Waals surface area contributed by atoms with Gasteiger partial charge in [0.25, 0.3) is 0 Å². The van der Waals surface area contributed by atoms with Gasteiger partial charge < -0.3 is 11.1 Å². The summed E-state index contributed by atoms with van der Waals surface area (Å²) in [5.74, 6) is -0.458. The van der Waals surface area contributed by atoms with Crippen LogP contribution in [0.25, 0.3) is 0 Å². The Kier molecular flexibility index (Phi) is 4.53. The largest absolute Gasteiger partial charge is 0.329 e. The maximum atomic E-state index is 12.3. The van der Waals surface area contributed by atoms with E-state index in [2.05, 4.69) is 10.4 Å². The summed E-state index contributed by atoms with van der Waals surface area (Å²) >= 11 is 0. The summed E-state index contributed by atoms with van der Waals surface area (Å²) in [7, 11) is 0. The van der Waals surface area contributed by atoms with Gasteiger partial charge in [-0.1, -0.05) is 30.3 Å². The number of nitrogens with two attached hydrogens (primary N) is 1. The fourth-order valence-corrected chi connectivity index (χ4v) is 1.99. The van der Waals surface area contributed by atoms with Crippen molar-refractivity contribution < 1.29 is 4.79 Å². The second-order valence-corrected chi connectivity index (χ2v) is 4.99. The molecular weight excluding hydrogens is 252 g/mol. The van der Waals surface area contributed by atoms with Gasteiger partial charge in [-0.15, -0.1) is 0 Å². The Morgan fingerprint density at radius 3 is 2.60 bits per heavy atom. The summed E-state index contributed by atoms with van der Waals surface area (Å²) in [4.78, 5) is 12.3. The van der Waals surface area contributed by atoms with Crippen LogP contribution in [0.15, 0.2) is 42.7 Å². The van der Waals surface area contributed by atoms with Crippen molar-refractivity contribution in [2.45, 2.75) is 25.8 Å². The average Bonchev–Trinajstić information content (AvgIpc) is 2.89. The van der Waals surface area contributed by atoms with Crippen molar-refractivity contribution in [2.75, 3.05) is 11.9 Å². The van der Waals surface area contributed by atoms with Crippen LogP contribution < -0.4 is 11.1 Å². The Balaban J connectivity index is 2.09. The Bertz CT molecular complexity index is 562. The minimum Gasteiger partial charge on any atom is -0.329 e. The molecule has 0 aliphatic carbocycles. The Labute approximate surface area is 118 Å². The minimum absolute atomic E-state index is 0.109. The van der Waals surface area contributed by atoms with Gasteiger partial charge in [-0.05, 0) is 19.4 Å². The van der Waals surface area contributed by atoms with Gasteiger partial charge in [0.15, 0.2) is 0 Å². The highest BCUT2D eigenvalue weighted by Crippen LogP contribution is 2.17. The first-order valence-electron chi connectivity index (χ1n) is 6.72. The lowest BCUT2D eigenvalue weighted by atomic mass is 9.98. The van der Waals surface area contributed by atoms with Crippen LogP contribution in [-0.4, -0.2) is 22.2 Å². The molecule has 1 heterocycles. The monoisotopic (exact) mass is 272 g/mol. The first kappa shape index (κ1) is 14.3. The predicted molar refractivity (Wildman–Crippen MR) is 79.5 cm³/mol. The molecule has 20 heavy (non-hydrogen) atoms. The molecule has 3 N–H and O–H groups in total. The number of anilines is 1. The van der Waals surface area contributed by atoms with Gasteiger partial charge in [0.2, 0.25) is 5.91 Å². The van der Waals surface area contributed by atoms with E-state index >= 15 is 0 Å². The van der Waals surface area contributed by atoms with E-state index < -0.39 is 0 Å². The van der Waals surface area contributed by atoms with Crippen LogP contribution in [0.2, 0.25) is 0 Å². The van der Waals surface area contributed by atoms with Crippen LogP contribution in [0, 0.1) is 0 Å². The molecule has 0 bridgehead atoms. The van der Waals surface area contributed by atoms with Crippen molar-refractivity contribution in [3.63, 3.8) is 0 Å². The predicted octanol–water partition coefficient (Wildman–Crippen LogP) is 2.15. The van der Waals surface area contributed by atoms with Gasteiger partial charge in [-0.3, -0.25) is 9.48 Å². The third-order valence-electron chi connectivity index (χ3n) is 3.15. The first-order valence-corrected chi connectivity index (χ1v) is 6.72. The summed E-state index contributed by atoms with van der Waals surface area (Å²) in [6.45, 7) is 4.34. The number of carbonyl (C=O) groups is 1. The fraction of sp³-hybridized carbons (Fsp3) is 0.333.